The molecule has 1 fully saturated rings. The van der Waals surface area contributed by atoms with Gasteiger partial charge in [-0.25, -0.2) is 0 Å². The molecule has 1 atom stereocenters. The number of hydrogen-bond donors (Lipinski definition) is 2. The molecule has 1 saturated heterocycles. The van der Waals surface area contributed by atoms with E-state index in [-0.39, 0.29) is 12.5 Å². The number of carboxylic acid groups (broad SMARTS) is 1. The highest BCUT2D eigenvalue weighted by molar-refractivity contribution is 5.78. The smallest absolute Gasteiger partial charge is 0.307 e. The molecule has 1 unspecified atom stereocenters. The van der Waals surface area contributed by atoms with E-state index in [2.05, 4.69) is 5.32 Å². The molecule has 0 bridgehead atoms. The molecule has 98 valence electrons. The second-order valence-electron chi connectivity index (χ2n) is 4.57. The van der Waals surface area contributed by atoms with Gasteiger partial charge in [-0.3, -0.25) is 14.5 Å². The summed E-state index contributed by atoms with van der Waals surface area (Å²) in [5.41, 5.74) is 0. The Morgan fingerprint density at radius 2 is 2.00 bits per heavy atom. The standard InChI is InChI=1S/C11H21N3O3/c1-9(11(16)17)7-13(2)8-10(15)14-5-3-12-4-6-14/h9,12H,3-8H2,1-2H3,(H,16,17). The van der Waals surface area contributed by atoms with Gasteiger partial charge in [0.2, 0.25) is 5.91 Å². The van der Waals surface area contributed by atoms with Crippen LogP contribution in [0.25, 0.3) is 0 Å². The zero-order valence-corrected chi connectivity index (χ0v) is 10.5. The Labute approximate surface area is 102 Å². The number of amides is 1. The second kappa shape index (κ2) is 6.56. The molecular weight excluding hydrogens is 222 g/mol. The molecule has 0 aromatic heterocycles. The third kappa shape index (κ3) is 4.70. The fourth-order valence-corrected chi connectivity index (χ4v) is 1.86. The minimum Gasteiger partial charge on any atom is -0.481 e. The van der Waals surface area contributed by atoms with E-state index >= 15 is 0 Å². The van der Waals surface area contributed by atoms with Crippen molar-refractivity contribution in [1.29, 1.82) is 0 Å². The van der Waals surface area contributed by atoms with E-state index in [0.717, 1.165) is 26.2 Å². The first-order valence-electron chi connectivity index (χ1n) is 5.90. The second-order valence-corrected chi connectivity index (χ2v) is 4.57. The lowest BCUT2D eigenvalue weighted by atomic mass is 10.2. The predicted molar refractivity (Wildman–Crippen MR) is 63.7 cm³/mol. The zero-order valence-electron chi connectivity index (χ0n) is 10.5. The van der Waals surface area contributed by atoms with Crippen molar-refractivity contribution in [2.45, 2.75) is 6.92 Å². The van der Waals surface area contributed by atoms with Gasteiger partial charge in [-0.1, -0.05) is 6.92 Å². The summed E-state index contributed by atoms with van der Waals surface area (Å²) in [5.74, 6) is -1.20. The van der Waals surface area contributed by atoms with Crippen molar-refractivity contribution in [3.05, 3.63) is 0 Å². The summed E-state index contributed by atoms with van der Waals surface area (Å²) in [7, 11) is 1.78. The Morgan fingerprint density at radius 1 is 1.41 bits per heavy atom. The van der Waals surface area contributed by atoms with Gasteiger partial charge >= 0.3 is 5.97 Å². The van der Waals surface area contributed by atoms with Crippen molar-refractivity contribution in [2.75, 3.05) is 46.3 Å². The predicted octanol–water partition coefficient (Wildman–Crippen LogP) is -0.929. The van der Waals surface area contributed by atoms with E-state index in [1.807, 2.05) is 4.90 Å². The molecule has 1 amide bonds. The van der Waals surface area contributed by atoms with Gasteiger partial charge in [0.25, 0.3) is 0 Å². The van der Waals surface area contributed by atoms with Gasteiger partial charge in [0.05, 0.1) is 12.5 Å². The lowest BCUT2D eigenvalue weighted by Crippen LogP contribution is -2.49. The van der Waals surface area contributed by atoms with Crippen LogP contribution in [0.2, 0.25) is 0 Å². The minimum atomic E-state index is -0.827. The van der Waals surface area contributed by atoms with Gasteiger partial charge in [-0.15, -0.1) is 0 Å². The Bertz CT molecular complexity index is 277. The van der Waals surface area contributed by atoms with Crippen LogP contribution in [0.3, 0.4) is 0 Å². The number of rotatable bonds is 5. The molecule has 0 aromatic rings. The molecule has 17 heavy (non-hydrogen) atoms. The summed E-state index contributed by atoms with van der Waals surface area (Å²) in [5, 5.41) is 12.0. The van der Waals surface area contributed by atoms with Gasteiger partial charge in [0.1, 0.15) is 0 Å². The fraction of sp³-hybridized carbons (Fsp3) is 0.818. The van der Waals surface area contributed by atoms with Crippen molar-refractivity contribution in [2.24, 2.45) is 5.92 Å². The molecular formula is C11H21N3O3. The average molecular weight is 243 g/mol. The lowest BCUT2D eigenvalue weighted by molar-refractivity contribution is -0.142. The third-order valence-corrected chi connectivity index (χ3v) is 2.88. The summed E-state index contributed by atoms with van der Waals surface area (Å²) in [6, 6.07) is 0. The number of carboxylic acids is 1. The van der Waals surface area contributed by atoms with Crippen LogP contribution in [-0.2, 0) is 9.59 Å². The van der Waals surface area contributed by atoms with E-state index in [1.165, 1.54) is 0 Å². The maximum absolute atomic E-state index is 11.9. The molecule has 1 heterocycles. The largest absolute Gasteiger partial charge is 0.481 e. The topological polar surface area (TPSA) is 72.9 Å². The van der Waals surface area contributed by atoms with Gasteiger partial charge in [-0.05, 0) is 7.05 Å². The molecule has 6 heteroatoms. The molecule has 1 rings (SSSR count). The number of carbonyl (C=O) groups is 2. The van der Waals surface area contributed by atoms with Crippen molar-refractivity contribution >= 4 is 11.9 Å². The first-order valence-corrected chi connectivity index (χ1v) is 5.90. The van der Waals surface area contributed by atoms with Crippen LogP contribution in [0.1, 0.15) is 6.92 Å². The van der Waals surface area contributed by atoms with Crippen molar-refractivity contribution in [1.82, 2.24) is 15.1 Å². The summed E-state index contributed by atoms with van der Waals surface area (Å²) in [4.78, 5) is 26.1. The normalized spacial score (nSPS) is 18.2. The summed E-state index contributed by atoms with van der Waals surface area (Å²) < 4.78 is 0. The summed E-state index contributed by atoms with van der Waals surface area (Å²) in [6.45, 7) is 5.48. The van der Waals surface area contributed by atoms with Gasteiger partial charge in [0.15, 0.2) is 0 Å². The van der Waals surface area contributed by atoms with Crippen molar-refractivity contribution in [3.8, 4) is 0 Å². The number of likely N-dealkylation sites (N-methyl/N-ethyl adjacent to an activating group) is 1. The highest BCUT2D eigenvalue weighted by Crippen LogP contribution is 2.00. The van der Waals surface area contributed by atoms with E-state index in [0.29, 0.717) is 6.54 Å². The van der Waals surface area contributed by atoms with Crippen LogP contribution in [-0.4, -0.2) is 73.1 Å². The number of aliphatic carboxylic acids is 1. The number of piperazine rings is 1. The molecule has 0 radical (unpaired) electrons. The average Bonchev–Trinajstić information content (AvgIpc) is 2.29. The van der Waals surface area contributed by atoms with E-state index in [1.54, 1.807) is 18.9 Å². The summed E-state index contributed by atoms with van der Waals surface area (Å²) >= 11 is 0. The highest BCUT2D eigenvalue weighted by atomic mass is 16.4. The molecule has 0 saturated carbocycles. The van der Waals surface area contributed by atoms with Gasteiger partial charge in [0, 0.05) is 32.7 Å². The molecule has 2 N–H and O–H groups in total. The Hall–Kier alpha value is -1.14. The van der Waals surface area contributed by atoms with Crippen LogP contribution in [0, 0.1) is 5.92 Å². The van der Waals surface area contributed by atoms with E-state index in [9.17, 15) is 9.59 Å². The Morgan fingerprint density at radius 3 is 2.53 bits per heavy atom. The van der Waals surface area contributed by atoms with Crippen LogP contribution in [0.4, 0.5) is 0 Å². The number of nitrogens with one attached hydrogen (secondary N) is 1. The minimum absolute atomic E-state index is 0.0755. The SMILES string of the molecule is CC(CN(C)CC(=O)N1CCNCC1)C(=O)O. The van der Waals surface area contributed by atoms with Crippen molar-refractivity contribution in [3.63, 3.8) is 0 Å². The van der Waals surface area contributed by atoms with Crippen molar-refractivity contribution < 1.29 is 14.7 Å². The summed E-state index contributed by atoms with van der Waals surface area (Å²) in [6.07, 6.45) is 0. The Balaban J connectivity index is 2.31. The van der Waals surface area contributed by atoms with Gasteiger partial charge < -0.3 is 15.3 Å². The lowest BCUT2D eigenvalue weighted by Gasteiger charge is -2.29. The van der Waals surface area contributed by atoms with Crippen LogP contribution >= 0.6 is 0 Å². The molecule has 1 aliphatic heterocycles. The fourth-order valence-electron chi connectivity index (χ4n) is 1.86. The van der Waals surface area contributed by atoms with Crippen LogP contribution in [0.5, 0.6) is 0 Å². The van der Waals surface area contributed by atoms with E-state index < -0.39 is 11.9 Å². The monoisotopic (exact) mass is 243 g/mol. The molecule has 0 spiro atoms. The highest BCUT2D eigenvalue weighted by Gasteiger charge is 2.19. The van der Waals surface area contributed by atoms with E-state index in [4.69, 9.17) is 5.11 Å². The zero-order chi connectivity index (χ0) is 12.8. The third-order valence-electron chi connectivity index (χ3n) is 2.88. The molecule has 6 nitrogen and oxygen atoms in total. The maximum atomic E-state index is 11.9. The molecule has 1 aliphatic rings. The first-order chi connectivity index (χ1) is 8.00. The quantitative estimate of drug-likeness (QED) is 0.653. The van der Waals surface area contributed by atoms with Crippen LogP contribution < -0.4 is 5.32 Å². The number of hydrogen-bond acceptors (Lipinski definition) is 4. The Kier molecular flexibility index (Phi) is 5.37. The first kappa shape index (κ1) is 13.9. The van der Waals surface area contributed by atoms with Gasteiger partial charge in [-0.2, -0.15) is 0 Å². The molecule has 0 aliphatic carbocycles. The molecule has 0 aromatic carbocycles. The number of carbonyl (C=O) groups excluding carboxylic acids is 1. The number of nitrogens with zero attached hydrogens (tertiary/aromatic N) is 2. The van der Waals surface area contributed by atoms with Crippen LogP contribution in [0.15, 0.2) is 0 Å². The maximum Gasteiger partial charge on any atom is 0.307 e.